The van der Waals surface area contributed by atoms with Gasteiger partial charge in [0, 0.05) is 13.6 Å². The molecule has 1 spiro atoms. The van der Waals surface area contributed by atoms with E-state index in [2.05, 4.69) is 10.6 Å². The van der Waals surface area contributed by atoms with E-state index >= 15 is 0 Å². The third kappa shape index (κ3) is 3.19. The number of nitrogens with one attached hydrogen (secondary N) is 2. The van der Waals surface area contributed by atoms with E-state index in [-0.39, 0.29) is 13.1 Å². The lowest BCUT2D eigenvalue weighted by atomic mass is 9.89. The Labute approximate surface area is 118 Å². The first-order valence-corrected chi connectivity index (χ1v) is 6.33. The van der Waals surface area contributed by atoms with Crippen molar-refractivity contribution >= 4 is 18.0 Å². The van der Waals surface area contributed by atoms with Gasteiger partial charge in [-0.2, -0.15) is 13.2 Å². The van der Waals surface area contributed by atoms with Crippen LogP contribution in [0.4, 0.5) is 22.8 Å². The fraction of sp³-hybridized carbons (Fsp3) is 0.727. The second-order valence-electron chi connectivity index (χ2n) is 5.27. The van der Waals surface area contributed by atoms with E-state index in [0.29, 0.717) is 17.7 Å². The fourth-order valence-corrected chi connectivity index (χ4v) is 2.61. The number of nitrogens with zero attached hydrogens (tertiary/aromatic N) is 2. The number of piperidine rings is 1. The minimum Gasteiger partial charge on any atom is -0.322 e. The lowest BCUT2D eigenvalue weighted by Gasteiger charge is -2.39. The SMILES string of the molecule is CN(CC(F)(F)F)C(=O)N1CCCC2(C1)NC(=O)NC2=O. The zero-order valence-corrected chi connectivity index (χ0v) is 11.3. The van der Waals surface area contributed by atoms with Crippen molar-refractivity contribution < 1.29 is 27.6 Å². The van der Waals surface area contributed by atoms with E-state index in [4.69, 9.17) is 0 Å². The molecule has 0 aromatic carbocycles. The fourth-order valence-electron chi connectivity index (χ4n) is 2.61. The Morgan fingerprint density at radius 2 is 2.10 bits per heavy atom. The van der Waals surface area contributed by atoms with Gasteiger partial charge in [-0.05, 0) is 12.8 Å². The van der Waals surface area contributed by atoms with Crippen molar-refractivity contribution in [3.8, 4) is 0 Å². The average molecular weight is 308 g/mol. The third-order valence-electron chi connectivity index (χ3n) is 3.52. The second-order valence-corrected chi connectivity index (χ2v) is 5.27. The molecule has 0 bridgehead atoms. The number of carbonyl (C=O) groups excluding carboxylic acids is 3. The number of alkyl halides is 3. The first kappa shape index (κ1) is 15.4. The Kier molecular flexibility index (Phi) is 3.72. The summed E-state index contributed by atoms with van der Waals surface area (Å²) >= 11 is 0. The molecule has 0 saturated carbocycles. The van der Waals surface area contributed by atoms with E-state index in [1.807, 2.05) is 0 Å². The first-order chi connectivity index (χ1) is 9.63. The zero-order valence-electron chi connectivity index (χ0n) is 11.3. The molecule has 2 N–H and O–H groups in total. The number of amides is 5. The number of hydrogen-bond donors (Lipinski definition) is 2. The van der Waals surface area contributed by atoms with Crippen LogP contribution in [0.5, 0.6) is 0 Å². The van der Waals surface area contributed by atoms with Crippen molar-refractivity contribution in [3.63, 3.8) is 0 Å². The Bertz CT molecular complexity index is 482. The minimum absolute atomic E-state index is 0.133. The summed E-state index contributed by atoms with van der Waals surface area (Å²) in [4.78, 5) is 36.7. The van der Waals surface area contributed by atoms with Crippen molar-refractivity contribution in [2.75, 3.05) is 26.7 Å². The molecule has 2 heterocycles. The Morgan fingerprint density at radius 1 is 1.43 bits per heavy atom. The number of likely N-dealkylation sites (tertiary alicyclic amines) is 1. The van der Waals surface area contributed by atoms with Crippen LogP contribution in [0.1, 0.15) is 12.8 Å². The molecule has 0 aromatic rings. The van der Waals surface area contributed by atoms with Gasteiger partial charge in [0.25, 0.3) is 5.91 Å². The Balaban J connectivity index is 2.06. The van der Waals surface area contributed by atoms with Gasteiger partial charge in [0.2, 0.25) is 0 Å². The van der Waals surface area contributed by atoms with Crippen molar-refractivity contribution in [1.29, 1.82) is 0 Å². The normalized spacial score (nSPS) is 25.8. The maximum atomic E-state index is 12.3. The van der Waals surface area contributed by atoms with Crippen molar-refractivity contribution in [2.24, 2.45) is 0 Å². The topological polar surface area (TPSA) is 81.8 Å². The second kappa shape index (κ2) is 5.08. The summed E-state index contributed by atoms with van der Waals surface area (Å²) in [5.41, 5.74) is -1.23. The summed E-state index contributed by atoms with van der Waals surface area (Å²) in [5.74, 6) is -0.552. The number of imide groups is 1. The van der Waals surface area contributed by atoms with Gasteiger partial charge in [0.1, 0.15) is 12.1 Å². The highest BCUT2D eigenvalue weighted by molar-refractivity contribution is 6.07. The minimum atomic E-state index is -4.49. The molecule has 2 aliphatic rings. The van der Waals surface area contributed by atoms with Gasteiger partial charge in [-0.25, -0.2) is 9.59 Å². The van der Waals surface area contributed by atoms with Crippen molar-refractivity contribution in [1.82, 2.24) is 20.4 Å². The molecule has 118 valence electrons. The van der Waals surface area contributed by atoms with Crippen LogP contribution in [0.3, 0.4) is 0 Å². The van der Waals surface area contributed by atoms with Crippen molar-refractivity contribution in [2.45, 2.75) is 24.6 Å². The molecule has 7 nitrogen and oxygen atoms in total. The summed E-state index contributed by atoms with van der Waals surface area (Å²) in [6.07, 6.45) is -3.73. The third-order valence-corrected chi connectivity index (χ3v) is 3.52. The molecule has 0 aliphatic carbocycles. The average Bonchev–Trinajstić information content (AvgIpc) is 2.60. The van der Waals surface area contributed by atoms with Gasteiger partial charge in [0.05, 0.1) is 6.54 Å². The summed E-state index contributed by atoms with van der Waals surface area (Å²) in [6.45, 7) is -1.26. The Morgan fingerprint density at radius 3 is 2.62 bits per heavy atom. The molecule has 1 unspecified atom stereocenters. The molecule has 2 aliphatic heterocycles. The monoisotopic (exact) mass is 308 g/mol. The first-order valence-electron chi connectivity index (χ1n) is 6.33. The molecular formula is C11H15F3N4O3. The van der Waals surface area contributed by atoms with Crippen LogP contribution in [0.15, 0.2) is 0 Å². The van der Waals surface area contributed by atoms with Crippen LogP contribution in [0, 0.1) is 0 Å². The van der Waals surface area contributed by atoms with Crippen molar-refractivity contribution in [3.05, 3.63) is 0 Å². The summed E-state index contributed by atoms with van der Waals surface area (Å²) in [6, 6.07) is -1.47. The highest BCUT2D eigenvalue weighted by atomic mass is 19.4. The standard InChI is InChI=1S/C11H15F3N4O3/c1-17(6-11(12,13)14)9(21)18-4-2-3-10(5-18)7(19)15-8(20)16-10/h2-6H2,1H3,(H2,15,16,19,20). The molecule has 0 aromatic heterocycles. The highest BCUT2D eigenvalue weighted by Gasteiger charge is 2.50. The van der Waals surface area contributed by atoms with E-state index in [9.17, 15) is 27.6 Å². The lowest BCUT2D eigenvalue weighted by Crippen LogP contribution is -2.61. The van der Waals surface area contributed by atoms with Gasteiger partial charge in [-0.15, -0.1) is 0 Å². The molecular weight excluding hydrogens is 293 g/mol. The Hall–Kier alpha value is -2.00. The van der Waals surface area contributed by atoms with Gasteiger partial charge in [-0.3, -0.25) is 10.1 Å². The van der Waals surface area contributed by atoms with Crippen LogP contribution >= 0.6 is 0 Å². The molecule has 21 heavy (non-hydrogen) atoms. The molecule has 5 amide bonds. The molecule has 2 saturated heterocycles. The zero-order chi connectivity index (χ0) is 15.8. The van der Waals surface area contributed by atoms with E-state index in [0.717, 1.165) is 11.9 Å². The summed E-state index contributed by atoms with van der Waals surface area (Å²) in [5, 5.41) is 4.54. The van der Waals surface area contributed by atoms with Gasteiger partial charge in [-0.1, -0.05) is 0 Å². The predicted molar refractivity (Wildman–Crippen MR) is 64.3 cm³/mol. The number of rotatable bonds is 1. The number of halogens is 3. The quantitative estimate of drug-likeness (QED) is 0.683. The predicted octanol–water partition coefficient (Wildman–Crippen LogP) is 0.275. The largest absolute Gasteiger partial charge is 0.406 e. The van der Waals surface area contributed by atoms with Crippen LogP contribution in [-0.2, 0) is 4.79 Å². The number of hydrogen-bond acceptors (Lipinski definition) is 3. The van der Waals surface area contributed by atoms with Crippen LogP contribution in [-0.4, -0.2) is 66.2 Å². The van der Waals surface area contributed by atoms with Crippen LogP contribution in [0.2, 0.25) is 0 Å². The molecule has 0 radical (unpaired) electrons. The molecule has 1 atom stereocenters. The lowest BCUT2D eigenvalue weighted by molar-refractivity contribution is -0.139. The maximum absolute atomic E-state index is 12.3. The molecule has 2 fully saturated rings. The summed E-state index contributed by atoms with van der Waals surface area (Å²) < 4.78 is 36.9. The van der Waals surface area contributed by atoms with Gasteiger partial charge >= 0.3 is 18.2 Å². The van der Waals surface area contributed by atoms with Gasteiger partial charge < -0.3 is 15.1 Å². The summed E-state index contributed by atoms with van der Waals surface area (Å²) in [7, 11) is 1.05. The highest BCUT2D eigenvalue weighted by Crippen LogP contribution is 2.25. The maximum Gasteiger partial charge on any atom is 0.406 e. The van der Waals surface area contributed by atoms with E-state index in [1.165, 1.54) is 0 Å². The van der Waals surface area contributed by atoms with E-state index in [1.54, 1.807) is 0 Å². The van der Waals surface area contributed by atoms with Gasteiger partial charge in [0.15, 0.2) is 0 Å². The van der Waals surface area contributed by atoms with E-state index < -0.39 is 36.2 Å². The number of carbonyl (C=O) groups is 3. The number of urea groups is 2. The smallest absolute Gasteiger partial charge is 0.322 e. The van der Waals surface area contributed by atoms with Crippen LogP contribution in [0.25, 0.3) is 0 Å². The molecule has 2 rings (SSSR count). The van der Waals surface area contributed by atoms with Crippen LogP contribution < -0.4 is 10.6 Å². The molecule has 10 heteroatoms.